The highest BCUT2D eigenvalue weighted by Gasteiger charge is 2.33. The molecule has 0 unspecified atom stereocenters. The summed E-state index contributed by atoms with van der Waals surface area (Å²) in [5, 5.41) is 13.4. The molecule has 0 radical (unpaired) electrons. The number of hydrogen-bond acceptors (Lipinski definition) is 4. The minimum absolute atomic E-state index is 0.182. The van der Waals surface area contributed by atoms with E-state index in [-0.39, 0.29) is 11.4 Å². The van der Waals surface area contributed by atoms with E-state index < -0.39 is 17.3 Å². The van der Waals surface area contributed by atoms with Crippen molar-refractivity contribution in [2.24, 2.45) is 7.05 Å². The van der Waals surface area contributed by atoms with Crippen LogP contribution in [0.1, 0.15) is 22.9 Å². The molecule has 0 spiro atoms. The first kappa shape index (κ1) is 15.5. The van der Waals surface area contributed by atoms with Crippen LogP contribution in [0.2, 0.25) is 0 Å². The molecule has 1 aromatic carbocycles. The summed E-state index contributed by atoms with van der Waals surface area (Å²) in [7, 11) is 3.05. The fourth-order valence-corrected chi connectivity index (χ4v) is 3.59. The summed E-state index contributed by atoms with van der Waals surface area (Å²) in [5.41, 5.74) is 1.91. The SMILES string of the molecule is COc1ccc2[nH]c3c(c2c1)CC[NH2+][C@H]3c1c(O)n(C)c(=O)[nH]c1=O. The van der Waals surface area contributed by atoms with E-state index in [1.807, 2.05) is 23.5 Å². The van der Waals surface area contributed by atoms with Gasteiger partial charge in [-0.05, 0) is 23.8 Å². The minimum Gasteiger partial charge on any atom is -0.497 e. The van der Waals surface area contributed by atoms with Gasteiger partial charge in [-0.25, -0.2) is 4.79 Å². The van der Waals surface area contributed by atoms with Gasteiger partial charge in [-0.15, -0.1) is 0 Å². The second kappa shape index (κ2) is 5.52. The van der Waals surface area contributed by atoms with Crippen molar-refractivity contribution < 1.29 is 15.2 Å². The molecule has 5 N–H and O–H groups in total. The van der Waals surface area contributed by atoms with Gasteiger partial charge >= 0.3 is 5.69 Å². The Kier molecular flexibility index (Phi) is 3.43. The van der Waals surface area contributed by atoms with Gasteiger partial charge in [-0.3, -0.25) is 14.3 Å². The van der Waals surface area contributed by atoms with Crippen molar-refractivity contribution >= 4 is 10.9 Å². The second-order valence-corrected chi connectivity index (χ2v) is 6.24. The lowest BCUT2D eigenvalue weighted by molar-refractivity contribution is -0.690. The van der Waals surface area contributed by atoms with Gasteiger partial charge in [0.25, 0.3) is 5.56 Å². The van der Waals surface area contributed by atoms with Crippen molar-refractivity contribution in [1.29, 1.82) is 0 Å². The van der Waals surface area contributed by atoms with Crippen LogP contribution < -0.4 is 21.3 Å². The first-order valence-corrected chi connectivity index (χ1v) is 8.05. The lowest BCUT2D eigenvalue weighted by atomic mass is 9.95. The largest absolute Gasteiger partial charge is 0.497 e. The van der Waals surface area contributed by atoms with Gasteiger partial charge in [0.15, 0.2) is 6.04 Å². The molecule has 3 aromatic rings. The quantitative estimate of drug-likeness (QED) is 0.501. The van der Waals surface area contributed by atoms with Gasteiger partial charge in [0.05, 0.1) is 19.3 Å². The van der Waals surface area contributed by atoms with Crippen molar-refractivity contribution in [3.05, 3.63) is 55.9 Å². The zero-order valence-corrected chi connectivity index (χ0v) is 13.9. The van der Waals surface area contributed by atoms with E-state index >= 15 is 0 Å². The highest BCUT2D eigenvalue weighted by Crippen LogP contribution is 2.33. The molecule has 0 saturated carbocycles. The third-order valence-electron chi connectivity index (χ3n) is 4.89. The number of aromatic nitrogens is 3. The Morgan fingerprint density at radius 3 is 2.88 bits per heavy atom. The monoisotopic (exact) mass is 343 g/mol. The highest BCUT2D eigenvalue weighted by molar-refractivity contribution is 5.86. The summed E-state index contributed by atoms with van der Waals surface area (Å²) in [6.07, 6.45) is 0.837. The van der Waals surface area contributed by atoms with Crippen LogP contribution in [0.4, 0.5) is 0 Å². The van der Waals surface area contributed by atoms with Crippen LogP contribution in [-0.4, -0.2) is 33.3 Å². The van der Waals surface area contributed by atoms with E-state index in [9.17, 15) is 14.7 Å². The Hall–Kier alpha value is -3.00. The van der Waals surface area contributed by atoms with Crippen LogP contribution in [0.3, 0.4) is 0 Å². The van der Waals surface area contributed by atoms with E-state index in [1.54, 1.807) is 7.11 Å². The number of methoxy groups -OCH3 is 1. The summed E-state index contributed by atoms with van der Waals surface area (Å²) in [6, 6.07) is 5.38. The minimum atomic E-state index is -0.635. The fraction of sp³-hybridized carbons (Fsp3) is 0.294. The fourth-order valence-electron chi connectivity index (χ4n) is 3.59. The molecule has 0 fully saturated rings. The Morgan fingerprint density at radius 2 is 2.12 bits per heavy atom. The third-order valence-corrected chi connectivity index (χ3v) is 4.89. The number of nitrogens with two attached hydrogens (primary N) is 1. The first-order chi connectivity index (χ1) is 12.0. The maximum Gasteiger partial charge on any atom is 0.330 e. The highest BCUT2D eigenvalue weighted by atomic mass is 16.5. The predicted octanol–water partition coefficient (Wildman–Crippen LogP) is -0.522. The van der Waals surface area contributed by atoms with Gasteiger partial charge in [-0.1, -0.05) is 0 Å². The van der Waals surface area contributed by atoms with Gasteiger partial charge in [0, 0.05) is 24.4 Å². The molecular weight excluding hydrogens is 324 g/mol. The first-order valence-electron chi connectivity index (χ1n) is 8.05. The summed E-state index contributed by atoms with van der Waals surface area (Å²) < 4.78 is 6.35. The zero-order chi connectivity index (χ0) is 17.7. The zero-order valence-electron chi connectivity index (χ0n) is 13.9. The molecule has 8 nitrogen and oxygen atoms in total. The van der Waals surface area contributed by atoms with Gasteiger partial charge in [0.2, 0.25) is 5.88 Å². The van der Waals surface area contributed by atoms with Gasteiger partial charge < -0.3 is 20.1 Å². The summed E-state index contributed by atoms with van der Waals surface area (Å²) in [4.78, 5) is 29.7. The molecule has 4 rings (SSSR count). The van der Waals surface area contributed by atoms with Crippen molar-refractivity contribution in [3.8, 4) is 11.6 Å². The third kappa shape index (κ3) is 2.25. The molecule has 3 heterocycles. The number of benzene rings is 1. The standard InChI is InChI=1S/C17H18N4O4/c1-21-16(23)12(15(22)20-17(21)24)14-13-9(5-6-18-14)10-7-8(25-2)3-4-11(10)19-13/h3-4,7,14,18-19,23H,5-6H2,1-2H3,(H,20,22,24)/p+1/t14-/m0/s1. The van der Waals surface area contributed by atoms with Crippen LogP contribution in [0, 0.1) is 0 Å². The Morgan fingerprint density at radius 1 is 1.32 bits per heavy atom. The van der Waals surface area contributed by atoms with E-state index in [0.717, 1.165) is 45.4 Å². The summed E-state index contributed by atoms with van der Waals surface area (Å²) >= 11 is 0. The topological polar surface area (TPSA) is 117 Å². The maximum atomic E-state index is 12.4. The van der Waals surface area contributed by atoms with Crippen LogP contribution in [0.15, 0.2) is 27.8 Å². The molecule has 1 aliphatic rings. The lowest BCUT2D eigenvalue weighted by Gasteiger charge is -2.21. The number of rotatable bonds is 2. The molecule has 0 aliphatic carbocycles. The molecule has 2 aromatic heterocycles. The van der Waals surface area contributed by atoms with Crippen LogP contribution in [-0.2, 0) is 13.5 Å². The normalized spacial score (nSPS) is 16.8. The summed E-state index contributed by atoms with van der Waals surface area (Å²) in [6.45, 7) is 0.767. The Labute approximate surface area is 142 Å². The number of fused-ring (bicyclic) bond motifs is 3. The lowest BCUT2D eigenvalue weighted by Crippen LogP contribution is -2.87. The van der Waals surface area contributed by atoms with Gasteiger partial charge in [-0.2, -0.15) is 0 Å². The van der Waals surface area contributed by atoms with Crippen molar-refractivity contribution in [3.63, 3.8) is 0 Å². The molecule has 0 saturated heterocycles. The molecule has 1 aliphatic heterocycles. The number of hydrogen-bond donors (Lipinski definition) is 4. The van der Waals surface area contributed by atoms with Crippen molar-refractivity contribution in [2.75, 3.05) is 13.7 Å². The molecular formula is C17H19N4O4+. The molecule has 25 heavy (non-hydrogen) atoms. The molecule has 8 heteroatoms. The number of nitrogens with one attached hydrogen (secondary N) is 2. The number of ether oxygens (including phenoxy) is 1. The number of aromatic hydroxyl groups is 1. The van der Waals surface area contributed by atoms with E-state index in [4.69, 9.17) is 4.74 Å². The molecule has 1 atom stereocenters. The molecule has 130 valence electrons. The van der Waals surface area contributed by atoms with Crippen molar-refractivity contribution in [2.45, 2.75) is 12.5 Å². The Bertz CT molecular complexity index is 1090. The average molecular weight is 343 g/mol. The Balaban J connectivity index is 1.96. The van der Waals surface area contributed by atoms with Crippen LogP contribution >= 0.6 is 0 Å². The predicted molar refractivity (Wildman–Crippen MR) is 91.2 cm³/mol. The number of nitrogens with zero attached hydrogens (tertiary/aromatic N) is 1. The smallest absolute Gasteiger partial charge is 0.330 e. The van der Waals surface area contributed by atoms with Crippen LogP contribution in [0.25, 0.3) is 10.9 Å². The van der Waals surface area contributed by atoms with Crippen molar-refractivity contribution in [1.82, 2.24) is 14.5 Å². The van der Waals surface area contributed by atoms with E-state index in [0.29, 0.717) is 0 Å². The number of aromatic amines is 2. The van der Waals surface area contributed by atoms with Crippen LogP contribution in [0.5, 0.6) is 11.6 Å². The molecule has 0 amide bonds. The number of H-pyrrole nitrogens is 2. The van der Waals surface area contributed by atoms with Gasteiger partial charge in [0.1, 0.15) is 11.3 Å². The second-order valence-electron chi connectivity index (χ2n) is 6.24. The van der Waals surface area contributed by atoms with E-state index in [1.165, 1.54) is 7.05 Å². The number of quaternary nitrogens is 1. The average Bonchev–Trinajstić information content (AvgIpc) is 2.98. The maximum absolute atomic E-state index is 12.4. The molecule has 0 bridgehead atoms. The summed E-state index contributed by atoms with van der Waals surface area (Å²) in [5.74, 6) is 0.460. The van der Waals surface area contributed by atoms with E-state index in [2.05, 4.69) is 9.97 Å².